The average Bonchev–Trinajstić information content (AvgIpc) is 2.19. The Balaban J connectivity index is 2.80. The molecule has 0 bridgehead atoms. The van der Waals surface area contributed by atoms with E-state index in [4.69, 9.17) is 11.5 Å². The summed E-state index contributed by atoms with van der Waals surface area (Å²) in [6.07, 6.45) is 5.06. The van der Waals surface area contributed by atoms with E-state index in [1.807, 2.05) is 13.1 Å². The minimum Gasteiger partial charge on any atom is -0.383 e. The largest absolute Gasteiger partial charge is 0.383 e. The molecule has 1 rings (SSSR count). The van der Waals surface area contributed by atoms with E-state index in [1.165, 1.54) is 0 Å². The van der Waals surface area contributed by atoms with Crippen LogP contribution in [0.5, 0.6) is 0 Å². The van der Waals surface area contributed by atoms with Crippen LogP contribution in [0.3, 0.4) is 0 Å². The van der Waals surface area contributed by atoms with Crippen molar-refractivity contribution in [3.8, 4) is 0 Å². The SMILES string of the molecule is CCCCC=Nc1nc(N)nc(N)c1C. The molecule has 5 nitrogen and oxygen atoms in total. The van der Waals surface area contributed by atoms with Crippen LogP contribution in [0.2, 0.25) is 0 Å². The van der Waals surface area contributed by atoms with Crippen LogP contribution in [0.15, 0.2) is 4.99 Å². The van der Waals surface area contributed by atoms with Gasteiger partial charge in [0.2, 0.25) is 5.95 Å². The third-order valence-electron chi connectivity index (χ3n) is 2.08. The third kappa shape index (κ3) is 3.19. The molecule has 0 aliphatic rings. The number of aromatic nitrogens is 2. The minimum absolute atomic E-state index is 0.167. The summed E-state index contributed by atoms with van der Waals surface area (Å²) in [5.41, 5.74) is 11.9. The fourth-order valence-electron chi connectivity index (χ4n) is 1.11. The lowest BCUT2D eigenvalue weighted by atomic mass is 10.3. The molecule has 0 atom stereocenters. The second-order valence-electron chi connectivity index (χ2n) is 3.37. The average molecular weight is 207 g/mol. The van der Waals surface area contributed by atoms with E-state index in [9.17, 15) is 0 Å². The summed E-state index contributed by atoms with van der Waals surface area (Å²) in [5.74, 6) is 1.13. The van der Waals surface area contributed by atoms with Crippen LogP contribution in [-0.4, -0.2) is 16.2 Å². The van der Waals surface area contributed by atoms with Gasteiger partial charge in [-0.25, -0.2) is 4.99 Å². The predicted molar refractivity (Wildman–Crippen MR) is 63.3 cm³/mol. The maximum atomic E-state index is 5.65. The van der Waals surface area contributed by atoms with Gasteiger partial charge in [0.05, 0.1) is 0 Å². The number of nitrogen functional groups attached to an aromatic ring is 2. The highest BCUT2D eigenvalue weighted by Gasteiger charge is 2.04. The fourth-order valence-corrected chi connectivity index (χ4v) is 1.11. The minimum atomic E-state index is 0.167. The maximum absolute atomic E-state index is 5.65. The first-order valence-electron chi connectivity index (χ1n) is 5.07. The van der Waals surface area contributed by atoms with Gasteiger partial charge in [0, 0.05) is 11.8 Å². The summed E-state index contributed by atoms with van der Waals surface area (Å²) < 4.78 is 0. The van der Waals surface area contributed by atoms with Crippen LogP contribution in [0.25, 0.3) is 0 Å². The second-order valence-corrected chi connectivity index (χ2v) is 3.37. The van der Waals surface area contributed by atoms with Crippen molar-refractivity contribution in [2.75, 3.05) is 11.5 Å². The first kappa shape index (κ1) is 11.4. The zero-order valence-electron chi connectivity index (χ0n) is 9.20. The molecule has 4 N–H and O–H groups in total. The van der Waals surface area contributed by atoms with Gasteiger partial charge in [0.25, 0.3) is 0 Å². The zero-order chi connectivity index (χ0) is 11.3. The number of hydrogen-bond donors (Lipinski definition) is 2. The lowest BCUT2D eigenvalue weighted by Crippen LogP contribution is -2.01. The van der Waals surface area contributed by atoms with Crippen LogP contribution in [-0.2, 0) is 0 Å². The molecule has 0 aliphatic carbocycles. The van der Waals surface area contributed by atoms with Crippen molar-refractivity contribution in [2.45, 2.75) is 33.1 Å². The van der Waals surface area contributed by atoms with E-state index < -0.39 is 0 Å². The van der Waals surface area contributed by atoms with Gasteiger partial charge in [-0.3, -0.25) is 0 Å². The summed E-state index contributed by atoms with van der Waals surface area (Å²) >= 11 is 0. The Hall–Kier alpha value is -1.65. The van der Waals surface area contributed by atoms with Crippen molar-refractivity contribution in [2.24, 2.45) is 4.99 Å². The third-order valence-corrected chi connectivity index (χ3v) is 2.08. The van der Waals surface area contributed by atoms with Crippen LogP contribution in [0.1, 0.15) is 31.7 Å². The quantitative estimate of drug-likeness (QED) is 0.582. The van der Waals surface area contributed by atoms with Gasteiger partial charge in [-0.1, -0.05) is 13.3 Å². The summed E-state index contributed by atoms with van der Waals surface area (Å²) in [6, 6.07) is 0. The molecule has 0 aromatic carbocycles. The number of hydrogen-bond acceptors (Lipinski definition) is 5. The molecule has 0 amide bonds. The van der Waals surface area contributed by atoms with E-state index in [1.54, 1.807) is 0 Å². The molecule has 0 saturated carbocycles. The van der Waals surface area contributed by atoms with E-state index in [0.29, 0.717) is 11.6 Å². The number of rotatable bonds is 4. The standard InChI is InChI=1S/C10H17N5/c1-3-4-5-6-13-9-7(2)8(11)14-10(12)15-9/h6H,3-5H2,1-2H3,(H4,11,12,14,15). The van der Waals surface area contributed by atoms with Gasteiger partial charge in [-0.15, -0.1) is 0 Å². The van der Waals surface area contributed by atoms with Crippen molar-refractivity contribution in [1.82, 2.24) is 9.97 Å². The van der Waals surface area contributed by atoms with Crippen molar-refractivity contribution in [3.05, 3.63) is 5.56 Å². The van der Waals surface area contributed by atoms with Gasteiger partial charge in [0.1, 0.15) is 5.82 Å². The van der Waals surface area contributed by atoms with Crippen LogP contribution >= 0.6 is 0 Å². The van der Waals surface area contributed by atoms with E-state index in [0.717, 1.165) is 24.8 Å². The van der Waals surface area contributed by atoms with Crippen molar-refractivity contribution in [1.29, 1.82) is 0 Å². The highest BCUT2D eigenvalue weighted by molar-refractivity contribution is 5.65. The number of nitrogens with two attached hydrogens (primary N) is 2. The molecule has 0 fully saturated rings. The number of nitrogens with zero attached hydrogens (tertiary/aromatic N) is 3. The molecule has 0 spiro atoms. The van der Waals surface area contributed by atoms with Crippen LogP contribution in [0, 0.1) is 6.92 Å². The Kier molecular flexibility index (Phi) is 4.03. The molecule has 1 heterocycles. The summed E-state index contributed by atoms with van der Waals surface area (Å²) in [4.78, 5) is 12.1. The molecule has 0 saturated heterocycles. The monoisotopic (exact) mass is 207 g/mol. The zero-order valence-corrected chi connectivity index (χ0v) is 9.20. The molecule has 1 aromatic heterocycles. The first-order valence-corrected chi connectivity index (χ1v) is 5.07. The lowest BCUT2D eigenvalue weighted by Gasteiger charge is -2.03. The van der Waals surface area contributed by atoms with Crippen LogP contribution < -0.4 is 11.5 Å². The topological polar surface area (TPSA) is 90.2 Å². The molecule has 0 aliphatic heterocycles. The summed E-state index contributed by atoms with van der Waals surface area (Å²) in [7, 11) is 0. The Bertz CT molecular complexity index is 359. The molecular formula is C10H17N5. The predicted octanol–water partition coefficient (Wildman–Crippen LogP) is 1.84. The molecule has 0 radical (unpaired) electrons. The van der Waals surface area contributed by atoms with Crippen molar-refractivity contribution < 1.29 is 0 Å². The van der Waals surface area contributed by atoms with E-state index in [2.05, 4.69) is 21.9 Å². The van der Waals surface area contributed by atoms with E-state index in [-0.39, 0.29) is 5.95 Å². The van der Waals surface area contributed by atoms with Gasteiger partial charge in [0.15, 0.2) is 5.82 Å². The van der Waals surface area contributed by atoms with Gasteiger partial charge in [-0.05, 0) is 19.8 Å². The Morgan fingerprint density at radius 3 is 2.73 bits per heavy atom. The Morgan fingerprint density at radius 2 is 2.07 bits per heavy atom. The smallest absolute Gasteiger partial charge is 0.224 e. The Labute approximate surface area is 89.6 Å². The molecule has 1 aromatic rings. The van der Waals surface area contributed by atoms with E-state index >= 15 is 0 Å². The number of anilines is 2. The molecular weight excluding hydrogens is 190 g/mol. The second kappa shape index (κ2) is 5.29. The molecule has 0 unspecified atom stereocenters. The summed E-state index contributed by atoms with van der Waals surface area (Å²) in [5, 5.41) is 0. The lowest BCUT2D eigenvalue weighted by molar-refractivity contribution is 0.842. The highest BCUT2D eigenvalue weighted by atomic mass is 15.1. The normalized spacial score (nSPS) is 11.1. The van der Waals surface area contributed by atoms with Crippen molar-refractivity contribution >= 4 is 23.8 Å². The van der Waals surface area contributed by atoms with Gasteiger partial charge >= 0.3 is 0 Å². The molecule has 82 valence electrons. The van der Waals surface area contributed by atoms with Gasteiger partial charge < -0.3 is 11.5 Å². The fraction of sp³-hybridized carbons (Fsp3) is 0.500. The number of aliphatic imine (C=N–C) groups is 1. The Morgan fingerprint density at radius 1 is 1.33 bits per heavy atom. The van der Waals surface area contributed by atoms with Gasteiger partial charge in [-0.2, -0.15) is 9.97 Å². The van der Waals surface area contributed by atoms with Crippen molar-refractivity contribution in [3.63, 3.8) is 0 Å². The first-order chi connectivity index (χ1) is 7.15. The maximum Gasteiger partial charge on any atom is 0.224 e. The molecule has 15 heavy (non-hydrogen) atoms. The van der Waals surface area contributed by atoms with Crippen LogP contribution in [0.4, 0.5) is 17.6 Å². The molecule has 5 heteroatoms. The summed E-state index contributed by atoms with van der Waals surface area (Å²) in [6.45, 7) is 3.97. The number of unbranched alkanes of at least 4 members (excludes halogenated alkanes) is 2. The highest BCUT2D eigenvalue weighted by Crippen LogP contribution is 2.20.